The molecule has 0 saturated carbocycles. The van der Waals surface area contributed by atoms with Crippen molar-refractivity contribution in [2.45, 2.75) is 25.0 Å². The molecule has 0 spiro atoms. The van der Waals surface area contributed by atoms with Gasteiger partial charge in [-0.15, -0.1) is 0 Å². The van der Waals surface area contributed by atoms with Crippen LogP contribution in [0, 0.1) is 0 Å². The molecule has 2 unspecified atom stereocenters. The summed E-state index contributed by atoms with van der Waals surface area (Å²) in [4.78, 5) is 14.9. The molecule has 1 amide bonds. The molecule has 2 rings (SSSR count). The number of aliphatic imine (C=N–C) groups is 1. The smallest absolute Gasteiger partial charge is 0.267 e. The fraction of sp³-hybridized carbons (Fsp3) is 0.333. The standard InChI is InChI=1S/C12H14N2O2/c13-12(15)11-8-10(6-7-14-11)16-9-4-2-1-3-5-9/h1-4,7-10H,5-6H2,(H2,13,15). The van der Waals surface area contributed by atoms with Gasteiger partial charge < -0.3 is 10.5 Å². The largest absolute Gasteiger partial charge is 0.366 e. The number of primary amides is 1. The third-order valence-corrected chi connectivity index (χ3v) is 2.46. The number of carbonyl (C=O) groups excluding carboxylic acids is 1. The molecule has 0 aromatic heterocycles. The Bertz CT molecular complexity index is 394. The zero-order valence-corrected chi connectivity index (χ0v) is 8.87. The summed E-state index contributed by atoms with van der Waals surface area (Å²) in [6.45, 7) is 0. The van der Waals surface area contributed by atoms with Crippen LogP contribution in [0.15, 0.2) is 41.1 Å². The SMILES string of the molecule is NC(=O)C1=CC(OC2C=CC=CC2)CC=N1. The van der Waals surface area contributed by atoms with E-state index in [1.54, 1.807) is 12.3 Å². The molecule has 0 radical (unpaired) electrons. The maximum Gasteiger partial charge on any atom is 0.267 e. The van der Waals surface area contributed by atoms with Crippen molar-refractivity contribution in [1.29, 1.82) is 0 Å². The Morgan fingerprint density at radius 1 is 1.38 bits per heavy atom. The lowest BCUT2D eigenvalue weighted by Crippen LogP contribution is -2.24. The van der Waals surface area contributed by atoms with Crippen molar-refractivity contribution in [3.8, 4) is 0 Å². The molecule has 1 aliphatic heterocycles. The molecule has 84 valence electrons. The average Bonchev–Trinajstić information content (AvgIpc) is 2.30. The van der Waals surface area contributed by atoms with Crippen LogP contribution in [0.2, 0.25) is 0 Å². The molecule has 2 aliphatic rings. The van der Waals surface area contributed by atoms with E-state index >= 15 is 0 Å². The molecule has 4 heteroatoms. The number of rotatable bonds is 3. The molecule has 0 aromatic carbocycles. The van der Waals surface area contributed by atoms with Crippen molar-refractivity contribution in [3.63, 3.8) is 0 Å². The number of carbonyl (C=O) groups is 1. The zero-order valence-electron chi connectivity index (χ0n) is 8.87. The number of amides is 1. The second-order valence-electron chi connectivity index (χ2n) is 3.73. The Hall–Kier alpha value is -1.68. The maximum atomic E-state index is 11.0. The molecular formula is C12H14N2O2. The molecule has 0 saturated heterocycles. The number of hydrogen-bond donors (Lipinski definition) is 1. The second kappa shape index (κ2) is 4.90. The van der Waals surface area contributed by atoms with Crippen LogP contribution in [0.4, 0.5) is 0 Å². The van der Waals surface area contributed by atoms with Gasteiger partial charge in [-0.2, -0.15) is 0 Å². The first-order chi connectivity index (χ1) is 7.75. The molecule has 2 atom stereocenters. The van der Waals surface area contributed by atoms with Crippen LogP contribution in [0.3, 0.4) is 0 Å². The van der Waals surface area contributed by atoms with Gasteiger partial charge in [0.05, 0.1) is 12.2 Å². The topological polar surface area (TPSA) is 64.7 Å². The van der Waals surface area contributed by atoms with Gasteiger partial charge in [-0.25, -0.2) is 0 Å². The van der Waals surface area contributed by atoms with Gasteiger partial charge in [0.25, 0.3) is 5.91 Å². The van der Waals surface area contributed by atoms with Crippen LogP contribution >= 0.6 is 0 Å². The summed E-state index contributed by atoms with van der Waals surface area (Å²) in [6, 6.07) is 0. The minimum absolute atomic E-state index is 0.0758. The first-order valence-corrected chi connectivity index (χ1v) is 5.28. The van der Waals surface area contributed by atoms with E-state index in [1.807, 2.05) is 18.2 Å². The quantitative estimate of drug-likeness (QED) is 0.770. The Kier molecular flexibility index (Phi) is 3.31. The predicted octanol–water partition coefficient (Wildman–Crippen LogP) is 1.10. The highest BCUT2D eigenvalue weighted by Gasteiger charge is 2.17. The molecule has 0 fully saturated rings. The molecular weight excluding hydrogens is 204 g/mol. The second-order valence-corrected chi connectivity index (χ2v) is 3.73. The molecule has 2 N–H and O–H groups in total. The number of nitrogens with zero attached hydrogens (tertiary/aromatic N) is 1. The minimum Gasteiger partial charge on any atom is -0.366 e. The summed E-state index contributed by atoms with van der Waals surface area (Å²) >= 11 is 0. The lowest BCUT2D eigenvalue weighted by Gasteiger charge is -2.21. The molecule has 1 heterocycles. The van der Waals surface area contributed by atoms with E-state index in [1.165, 1.54) is 0 Å². The molecule has 1 aliphatic carbocycles. The van der Waals surface area contributed by atoms with Crippen LogP contribution in [-0.4, -0.2) is 24.3 Å². The van der Waals surface area contributed by atoms with E-state index in [2.05, 4.69) is 11.1 Å². The third kappa shape index (κ3) is 2.67. The summed E-state index contributed by atoms with van der Waals surface area (Å²) in [5, 5.41) is 0. The molecule has 0 aromatic rings. The Morgan fingerprint density at radius 2 is 2.25 bits per heavy atom. The summed E-state index contributed by atoms with van der Waals surface area (Å²) in [6.07, 6.45) is 12.9. The summed E-state index contributed by atoms with van der Waals surface area (Å²) in [5.74, 6) is -0.511. The summed E-state index contributed by atoms with van der Waals surface area (Å²) in [5.41, 5.74) is 5.44. The van der Waals surface area contributed by atoms with Crippen LogP contribution in [-0.2, 0) is 9.53 Å². The van der Waals surface area contributed by atoms with Gasteiger partial charge in [-0.05, 0) is 12.5 Å². The van der Waals surface area contributed by atoms with Gasteiger partial charge in [-0.3, -0.25) is 9.79 Å². The highest BCUT2D eigenvalue weighted by Crippen LogP contribution is 2.16. The van der Waals surface area contributed by atoms with Gasteiger partial charge in [0.2, 0.25) is 0 Å². The number of ether oxygens (including phenoxy) is 1. The Morgan fingerprint density at radius 3 is 2.94 bits per heavy atom. The van der Waals surface area contributed by atoms with Crippen molar-refractivity contribution < 1.29 is 9.53 Å². The highest BCUT2D eigenvalue weighted by atomic mass is 16.5. The van der Waals surface area contributed by atoms with E-state index in [9.17, 15) is 4.79 Å². The van der Waals surface area contributed by atoms with E-state index in [0.717, 1.165) is 6.42 Å². The summed E-state index contributed by atoms with van der Waals surface area (Å²) in [7, 11) is 0. The van der Waals surface area contributed by atoms with Crippen molar-refractivity contribution in [3.05, 3.63) is 36.1 Å². The number of hydrogen-bond acceptors (Lipinski definition) is 3. The number of allylic oxidation sites excluding steroid dienone is 2. The summed E-state index contributed by atoms with van der Waals surface area (Å²) < 4.78 is 5.80. The van der Waals surface area contributed by atoms with E-state index in [0.29, 0.717) is 6.42 Å². The zero-order chi connectivity index (χ0) is 11.4. The van der Waals surface area contributed by atoms with E-state index in [-0.39, 0.29) is 17.9 Å². The third-order valence-electron chi connectivity index (χ3n) is 2.46. The van der Waals surface area contributed by atoms with Crippen LogP contribution in [0.1, 0.15) is 12.8 Å². The molecule has 4 nitrogen and oxygen atoms in total. The van der Waals surface area contributed by atoms with Gasteiger partial charge in [-0.1, -0.05) is 24.3 Å². The molecule has 0 bridgehead atoms. The van der Waals surface area contributed by atoms with Crippen LogP contribution in [0.25, 0.3) is 0 Å². The van der Waals surface area contributed by atoms with Crippen LogP contribution < -0.4 is 5.73 Å². The minimum atomic E-state index is -0.511. The Labute approximate surface area is 94.2 Å². The van der Waals surface area contributed by atoms with Crippen LogP contribution in [0.5, 0.6) is 0 Å². The lowest BCUT2D eigenvalue weighted by atomic mass is 10.1. The van der Waals surface area contributed by atoms with Gasteiger partial charge in [0.15, 0.2) is 0 Å². The van der Waals surface area contributed by atoms with Gasteiger partial charge >= 0.3 is 0 Å². The Balaban J connectivity index is 1.96. The normalized spacial score (nSPS) is 27.9. The maximum absolute atomic E-state index is 11.0. The fourth-order valence-corrected chi connectivity index (χ4v) is 1.67. The van der Waals surface area contributed by atoms with Crippen molar-refractivity contribution in [2.24, 2.45) is 10.7 Å². The molecule has 16 heavy (non-hydrogen) atoms. The lowest BCUT2D eigenvalue weighted by molar-refractivity contribution is -0.114. The van der Waals surface area contributed by atoms with Crippen molar-refractivity contribution >= 4 is 12.1 Å². The predicted molar refractivity (Wildman–Crippen MR) is 61.9 cm³/mol. The first-order valence-electron chi connectivity index (χ1n) is 5.28. The fourth-order valence-electron chi connectivity index (χ4n) is 1.67. The van der Waals surface area contributed by atoms with E-state index in [4.69, 9.17) is 10.5 Å². The van der Waals surface area contributed by atoms with Crippen molar-refractivity contribution in [1.82, 2.24) is 0 Å². The number of nitrogens with two attached hydrogens (primary N) is 1. The first kappa shape index (κ1) is 10.8. The van der Waals surface area contributed by atoms with E-state index < -0.39 is 5.91 Å². The van der Waals surface area contributed by atoms with Gasteiger partial charge in [0, 0.05) is 12.6 Å². The average molecular weight is 218 g/mol. The van der Waals surface area contributed by atoms with Gasteiger partial charge in [0.1, 0.15) is 5.70 Å². The monoisotopic (exact) mass is 218 g/mol. The van der Waals surface area contributed by atoms with Crippen molar-refractivity contribution in [2.75, 3.05) is 0 Å². The highest BCUT2D eigenvalue weighted by molar-refractivity contribution is 5.93.